The molecule has 0 radical (unpaired) electrons. The SMILES string of the molecule is CCCc1nn(C)c2c(=O)[nH]c(-c3cc(S(=O)(=O)N(CCN4CCOCC4)c4ccccc4)ccc3OCC)nc12. The molecule has 0 aliphatic carbocycles. The maximum Gasteiger partial charge on any atom is 0.277 e. The summed E-state index contributed by atoms with van der Waals surface area (Å²) in [7, 11) is -2.28. The van der Waals surface area contributed by atoms with E-state index in [1.54, 1.807) is 25.2 Å². The zero-order valence-corrected chi connectivity index (χ0v) is 24.5. The van der Waals surface area contributed by atoms with E-state index in [9.17, 15) is 13.2 Å². The summed E-state index contributed by atoms with van der Waals surface area (Å²) in [4.78, 5) is 23.0. The van der Waals surface area contributed by atoms with Crippen LogP contribution in [0.15, 0.2) is 58.2 Å². The molecule has 2 aromatic heterocycles. The third kappa shape index (κ3) is 5.99. The average Bonchev–Trinajstić information content (AvgIpc) is 3.29. The van der Waals surface area contributed by atoms with Crippen molar-refractivity contribution < 1.29 is 17.9 Å². The van der Waals surface area contributed by atoms with Crippen molar-refractivity contribution in [3.8, 4) is 17.1 Å². The van der Waals surface area contributed by atoms with Gasteiger partial charge in [0, 0.05) is 33.2 Å². The molecule has 1 saturated heterocycles. The topological polar surface area (TPSA) is 123 Å². The second-order valence-corrected chi connectivity index (χ2v) is 11.8. The van der Waals surface area contributed by atoms with Crippen molar-refractivity contribution in [1.29, 1.82) is 0 Å². The van der Waals surface area contributed by atoms with Crippen LogP contribution >= 0.6 is 0 Å². The van der Waals surface area contributed by atoms with Gasteiger partial charge in [-0.3, -0.25) is 18.7 Å². The Morgan fingerprint density at radius 3 is 2.56 bits per heavy atom. The lowest BCUT2D eigenvalue weighted by atomic mass is 10.1. The molecule has 0 unspecified atom stereocenters. The molecule has 1 aliphatic rings. The van der Waals surface area contributed by atoms with E-state index < -0.39 is 10.0 Å². The number of anilines is 1. The van der Waals surface area contributed by atoms with Gasteiger partial charge in [0.25, 0.3) is 15.6 Å². The first-order valence-electron chi connectivity index (χ1n) is 13.9. The minimum atomic E-state index is -4.00. The number of benzene rings is 2. The molecule has 1 fully saturated rings. The molecule has 4 aromatic rings. The monoisotopic (exact) mass is 580 g/mol. The molecule has 12 heteroatoms. The molecule has 0 amide bonds. The van der Waals surface area contributed by atoms with E-state index in [0.29, 0.717) is 60.8 Å². The minimum absolute atomic E-state index is 0.0736. The van der Waals surface area contributed by atoms with E-state index in [-0.39, 0.29) is 22.8 Å². The van der Waals surface area contributed by atoms with Gasteiger partial charge in [-0.15, -0.1) is 0 Å². The van der Waals surface area contributed by atoms with E-state index >= 15 is 0 Å². The van der Waals surface area contributed by atoms with Crippen molar-refractivity contribution in [2.75, 3.05) is 50.3 Å². The molecule has 1 aliphatic heterocycles. The minimum Gasteiger partial charge on any atom is -0.493 e. The molecular formula is C29H36N6O5S. The number of hydrogen-bond donors (Lipinski definition) is 1. The smallest absolute Gasteiger partial charge is 0.277 e. The summed E-state index contributed by atoms with van der Waals surface area (Å²) in [6.07, 6.45) is 1.50. The number of rotatable bonds is 11. The van der Waals surface area contributed by atoms with Crippen LogP contribution in [0.25, 0.3) is 22.4 Å². The first-order chi connectivity index (χ1) is 19.8. The second kappa shape index (κ2) is 12.4. The lowest BCUT2D eigenvalue weighted by Gasteiger charge is -2.30. The number of aryl methyl sites for hydroxylation is 2. The molecule has 1 N–H and O–H groups in total. The first kappa shape index (κ1) is 28.8. The van der Waals surface area contributed by atoms with E-state index in [1.807, 2.05) is 32.0 Å². The number of aromatic amines is 1. The average molecular weight is 581 g/mol. The number of fused-ring (bicyclic) bond motifs is 1. The molecule has 11 nitrogen and oxygen atoms in total. The lowest BCUT2D eigenvalue weighted by molar-refractivity contribution is 0.0395. The zero-order valence-electron chi connectivity index (χ0n) is 23.7. The lowest BCUT2D eigenvalue weighted by Crippen LogP contribution is -2.43. The summed E-state index contributed by atoms with van der Waals surface area (Å²) < 4.78 is 42.7. The number of H-pyrrole nitrogens is 1. The highest BCUT2D eigenvalue weighted by molar-refractivity contribution is 7.92. The summed E-state index contributed by atoms with van der Waals surface area (Å²) in [6, 6.07) is 13.8. The van der Waals surface area contributed by atoms with Crippen molar-refractivity contribution >= 4 is 26.7 Å². The molecule has 218 valence electrons. The van der Waals surface area contributed by atoms with Crippen LogP contribution in [-0.2, 0) is 28.2 Å². The van der Waals surface area contributed by atoms with Crippen LogP contribution in [0.2, 0.25) is 0 Å². The normalized spacial score (nSPS) is 14.4. The highest BCUT2D eigenvalue weighted by Gasteiger charge is 2.28. The summed E-state index contributed by atoms with van der Waals surface area (Å²) in [5.41, 5.74) is 2.20. The molecule has 0 atom stereocenters. The Balaban J connectivity index is 1.59. The van der Waals surface area contributed by atoms with Crippen LogP contribution in [0.4, 0.5) is 5.69 Å². The highest BCUT2D eigenvalue weighted by Crippen LogP contribution is 2.33. The van der Waals surface area contributed by atoms with E-state index in [2.05, 4.69) is 15.0 Å². The van der Waals surface area contributed by atoms with Crippen LogP contribution in [0.1, 0.15) is 26.0 Å². The van der Waals surface area contributed by atoms with Crippen molar-refractivity contribution in [3.05, 3.63) is 64.6 Å². The fourth-order valence-electron chi connectivity index (χ4n) is 5.08. The molecular weight excluding hydrogens is 544 g/mol. The van der Waals surface area contributed by atoms with Gasteiger partial charge in [0.1, 0.15) is 17.1 Å². The van der Waals surface area contributed by atoms with Gasteiger partial charge in [0.15, 0.2) is 5.52 Å². The zero-order chi connectivity index (χ0) is 29.0. The Labute approximate surface area is 239 Å². The van der Waals surface area contributed by atoms with Crippen molar-refractivity contribution in [2.24, 2.45) is 7.05 Å². The number of ether oxygens (including phenoxy) is 2. The number of para-hydroxylation sites is 1. The predicted molar refractivity (Wildman–Crippen MR) is 158 cm³/mol. The number of sulfonamides is 1. The maximum atomic E-state index is 14.2. The van der Waals surface area contributed by atoms with Gasteiger partial charge in [-0.05, 0) is 43.7 Å². The fourth-order valence-corrected chi connectivity index (χ4v) is 6.56. The van der Waals surface area contributed by atoms with E-state index in [0.717, 1.165) is 25.2 Å². The van der Waals surface area contributed by atoms with Crippen molar-refractivity contribution in [3.63, 3.8) is 0 Å². The third-order valence-corrected chi connectivity index (χ3v) is 8.93. The Kier molecular flexibility index (Phi) is 8.71. The van der Waals surface area contributed by atoms with Crippen LogP contribution in [0.5, 0.6) is 5.75 Å². The molecule has 41 heavy (non-hydrogen) atoms. The Morgan fingerprint density at radius 1 is 1.10 bits per heavy atom. The van der Waals surface area contributed by atoms with Crippen LogP contribution < -0.4 is 14.6 Å². The van der Waals surface area contributed by atoms with Crippen LogP contribution in [0.3, 0.4) is 0 Å². The van der Waals surface area contributed by atoms with Gasteiger partial charge in [0.2, 0.25) is 0 Å². The fraction of sp³-hybridized carbons (Fsp3) is 0.414. The standard InChI is InChI=1S/C29H36N6O5S/c1-4-9-24-26-27(33(3)32-24)29(36)31-28(30-26)23-20-22(12-13-25(23)40-5-2)41(37,38)35(21-10-7-6-8-11-21)15-14-34-16-18-39-19-17-34/h6-8,10-13,20H,4-5,9,14-19H2,1-3H3,(H,30,31,36). The molecule has 0 spiro atoms. The first-order valence-corrected chi connectivity index (χ1v) is 15.4. The van der Waals surface area contributed by atoms with Gasteiger partial charge in [-0.1, -0.05) is 31.5 Å². The number of morpholine rings is 1. The maximum absolute atomic E-state index is 14.2. The molecule has 3 heterocycles. The largest absolute Gasteiger partial charge is 0.493 e. The Morgan fingerprint density at radius 2 is 1.85 bits per heavy atom. The molecule has 5 rings (SSSR count). The number of aromatic nitrogens is 4. The predicted octanol–water partition coefficient (Wildman–Crippen LogP) is 3.20. The number of nitrogens with zero attached hydrogens (tertiary/aromatic N) is 5. The summed E-state index contributed by atoms with van der Waals surface area (Å²) in [6.45, 7) is 7.84. The van der Waals surface area contributed by atoms with Crippen molar-refractivity contribution in [1.82, 2.24) is 24.6 Å². The van der Waals surface area contributed by atoms with Gasteiger partial charge < -0.3 is 14.5 Å². The molecule has 0 bridgehead atoms. The molecule has 2 aromatic carbocycles. The number of nitrogens with one attached hydrogen (secondary N) is 1. The summed E-state index contributed by atoms with van der Waals surface area (Å²) >= 11 is 0. The van der Waals surface area contributed by atoms with E-state index in [1.165, 1.54) is 21.1 Å². The van der Waals surface area contributed by atoms with E-state index in [4.69, 9.17) is 14.5 Å². The van der Waals surface area contributed by atoms with Gasteiger partial charge in [0.05, 0.1) is 41.7 Å². The quantitative estimate of drug-likeness (QED) is 0.287. The highest BCUT2D eigenvalue weighted by atomic mass is 32.2. The van der Waals surface area contributed by atoms with Gasteiger partial charge in [-0.2, -0.15) is 5.10 Å². The Hall–Kier alpha value is -3.74. The van der Waals surface area contributed by atoms with Crippen molar-refractivity contribution in [2.45, 2.75) is 31.6 Å². The number of hydrogen-bond acceptors (Lipinski definition) is 8. The van der Waals surface area contributed by atoms with Crippen LogP contribution in [0, 0.1) is 0 Å². The van der Waals surface area contributed by atoms with Crippen LogP contribution in [-0.4, -0.2) is 79.1 Å². The summed E-state index contributed by atoms with van der Waals surface area (Å²) in [5, 5.41) is 4.49. The molecule has 0 saturated carbocycles. The second-order valence-electron chi connectivity index (χ2n) is 9.89. The summed E-state index contributed by atoms with van der Waals surface area (Å²) in [5.74, 6) is 0.655. The van der Waals surface area contributed by atoms with Gasteiger partial charge in [-0.25, -0.2) is 13.4 Å². The third-order valence-electron chi connectivity index (χ3n) is 7.11. The Bertz CT molecular complexity index is 1660. The van der Waals surface area contributed by atoms with Gasteiger partial charge >= 0.3 is 0 Å².